The summed E-state index contributed by atoms with van der Waals surface area (Å²) in [5, 5.41) is 9.38. The molecule has 0 fully saturated rings. The lowest BCUT2D eigenvalue weighted by Crippen LogP contribution is -2.42. The maximum absolute atomic E-state index is 12.5. The van der Waals surface area contributed by atoms with Crippen LogP contribution in [0.3, 0.4) is 0 Å². The van der Waals surface area contributed by atoms with Gasteiger partial charge in [0.05, 0.1) is 5.56 Å². The number of amidine groups is 1. The van der Waals surface area contributed by atoms with E-state index < -0.39 is 11.5 Å². The van der Waals surface area contributed by atoms with Crippen LogP contribution in [0, 0.1) is 12.8 Å². The van der Waals surface area contributed by atoms with E-state index in [-0.39, 0.29) is 17.4 Å². The maximum Gasteiger partial charge on any atom is 0.336 e. The van der Waals surface area contributed by atoms with Crippen LogP contribution < -0.4 is 0 Å². The van der Waals surface area contributed by atoms with Gasteiger partial charge in [-0.3, -0.25) is 14.7 Å². The lowest BCUT2D eigenvalue weighted by molar-refractivity contribution is -0.131. The number of amides is 1. The molecule has 112 valence electrons. The van der Waals surface area contributed by atoms with Gasteiger partial charge in [0, 0.05) is 12.6 Å². The van der Waals surface area contributed by atoms with Gasteiger partial charge in [-0.25, -0.2) is 4.79 Å². The molecule has 5 heteroatoms. The van der Waals surface area contributed by atoms with Gasteiger partial charge in [-0.1, -0.05) is 31.5 Å². The van der Waals surface area contributed by atoms with Crippen molar-refractivity contribution in [3.05, 3.63) is 34.9 Å². The first-order chi connectivity index (χ1) is 9.68. The van der Waals surface area contributed by atoms with E-state index in [0.29, 0.717) is 11.4 Å². The number of carboxylic acids is 1. The van der Waals surface area contributed by atoms with E-state index in [4.69, 9.17) is 0 Å². The summed E-state index contributed by atoms with van der Waals surface area (Å²) in [6, 6.07) is 5.14. The SMILES string of the molecule is Cc1ccc(C2=NC(C)(C(C)C)C(=O)N2C)c(C(=O)O)c1. The molecular weight excluding hydrogens is 268 g/mol. The molecule has 0 bridgehead atoms. The molecule has 1 aromatic carbocycles. The molecule has 1 atom stereocenters. The highest BCUT2D eigenvalue weighted by molar-refractivity contribution is 6.18. The van der Waals surface area contributed by atoms with Gasteiger partial charge in [0.25, 0.3) is 5.91 Å². The number of rotatable bonds is 3. The standard InChI is InChI=1S/C16H20N2O3/c1-9(2)16(4)15(21)18(5)13(17-16)11-7-6-10(3)8-12(11)14(19)20/h6-9H,1-5H3,(H,19,20). The number of carbonyl (C=O) groups is 2. The molecule has 0 radical (unpaired) electrons. The zero-order valence-corrected chi connectivity index (χ0v) is 13.0. The molecule has 1 N–H and O–H groups in total. The summed E-state index contributed by atoms with van der Waals surface area (Å²) in [6.45, 7) is 7.49. The lowest BCUT2D eigenvalue weighted by Gasteiger charge is -2.23. The average molecular weight is 288 g/mol. The third-order valence-electron chi connectivity index (χ3n) is 4.16. The van der Waals surface area contributed by atoms with Crippen LogP contribution in [0.2, 0.25) is 0 Å². The van der Waals surface area contributed by atoms with Crippen LogP contribution in [-0.4, -0.2) is 40.3 Å². The van der Waals surface area contributed by atoms with E-state index in [1.807, 2.05) is 26.8 Å². The molecule has 1 heterocycles. The summed E-state index contributed by atoms with van der Waals surface area (Å²) in [5.74, 6) is -0.669. The molecule has 1 aliphatic heterocycles. The molecule has 0 aliphatic carbocycles. The highest BCUT2D eigenvalue weighted by atomic mass is 16.4. The number of hydrogen-bond acceptors (Lipinski definition) is 3. The predicted octanol–water partition coefficient (Wildman–Crippen LogP) is 2.33. The van der Waals surface area contributed by atoms with Crippen molar-refractivity contribution in [1.82, 2.24) is 4.90 Å². The summed E-state index contributed by atoms with van der Waals surface area (Å²) in [6.07, 6.45) is 0. The van der Waals surface area contributed by atoms with Crippen molar-refractivity contribution in [2.75, 3.05) is 7.05 Å². The van der Waals surface area contributed by atoms with Gasteiger partial charge >= 0.3 is 5.97 Å². The van der Waals surface area contributed by atoms with Crippen LogP contribution in [0.15, 0.2) is 23.2 Å². The van der Waals surface area contributed by atoms with Crippen molar-refractivity contribution in [2.45, 2.75) is 33.2 Å². The summed E-state index contributed by atoms with van der Waals surface area (Å²) in [4.78, 5) is 29.9. The molecule has 1 amide bonds. The van der Waals surface area contributed by atoms with Crippen molar-refractivity contribution in [3.8, 4) is 0 Å². The lowest BCUT2D eigenvalue weighted by atomic mass is 9.89. The monoisotopic (exact) mass is 288 g/mol. The van der Waals surface area contributed by atoms with E-state index in [9.17, 15) is 14.7 Å². The number of aliphatic imine (C=N–C) groups is 1. The minimum absolute atomic E-state index is 0.0312. The Kier molecular flexibility index (Phi) is 3.61. The van der Waals surface area contributed by atoms with Gasteiger partial charge in [0.2, 0.25) is 0 Å². The van der Waals surface area contributed by atoms with Crippen molar-refractivity contribution in [1.29, 1.82) is 0 Å². The van der Waals surface area contributed by atoms with Crippen molar-refractivity contribution in [2.24, 2.45) is 10.9 Å². The Morgan fingerprint density at radius 1 is 1.38 bits per heavy atom. The molecule has 5 nitrogen and oxygen atoms in total. The Morgan fingerprint density at radius 2 is 2.00 bits per heavy atom. The molecule has 0 saturated carbocycles. The molecule has 0 aromatic heterocycles. The number of aromatic carboxylic acids is 1. The predicted molar refractivity (Wildman–Crippen MR) is 80.7 cm³/mol. The summed E-state index contributed by atoms with van der Waals surface area (Å²) in [7, 11) is 1.64. The number of carbonyl (C=O) groups excluding carboxylic acids is 1. The number of carboxylic acid groups (broad SMARTS) is 1. The fourth-order valence-electron chi connectivity index (χ4n) is 2.43. The number of likely N-dealkylation sites (N-methyl/N-ethyl adjacent to an activating group) is 1. The van der Waals surface area contributed by atoms with Gasteiger partial charge in [0.15, 0.2) is 0 Å². The van der Waals surface area contributed by atoms with Crippen LogP contribution in [0.1, 0.15) is 42.3 Å². The van der Waals surface area contributed by atoms with Crippen LogP contribution in [0.25, 0.3) is 0 Å². The van der Waals surface area contributed by atoms with Gasteiger partial charge in [-0.2, -0.15) is 0 Å². The zero-order chi connectivity index (χ0) is 15.9. The fourth-order valence-corrected chi connectivity index (χ4v) is 2.43. The van der Waals surface area contributed by atoms with Gasteiger partial charge in [-0.15, -0.1) is 0 Å². The molecule has 21 heavy (non-hydrogen) atoms. The Balaban J connectivity index is 2.62. The van der Waals surface area contributed by atoms with Crippen LogP contribution >= 0.6 is 0 Å². The second-order valence-electron chi connectivity index (χ2n) is 5.96. The van der Waals surface area contributed by atoms with Crippen LogP contribution in [0.5, 0.6) is 0 Å². The normalized spacial score (nSPS) is 21.9. The summed E-state index contributed by atoms with van der Waals surface area (Å²) < 4.78 is 0. The van der Waals surface area contributed by atoms with Gasteiger partial charge in [-0.05, 0) is 25.8 Å². The van der Waals surface area contributed by atoms with E-state index in [0.717, 1.165) is 5.56 Å². The van der Waals surface area contributed by atoms with Gasteiger partial charge < -0.3 is 5.11 Å². The highest BCUT2D eigenvalue weighted by Crippen LogP contribution is 2.32. The minimum atomic E-state index is -1.02. The molecule has 2 rings (SSSR count). The molecular formula is C16H20N2O3. The van der Waals surface area contributed by atoms with Gasteiger partial charge in [0.1, 0.15) is 11.4 Å². The number of nitrogens with zero attached hydrogens (tertiary/aromatic N) is 2. The topological polar surface area (TPSA) is 70.0 Å². The Labute approximate surface area is 124 Å². The zero-order valence-electron chi connectivity index (χ0n) is 13.0. The molecule has 1 aliphatic rings. The third-order valence-corrected chi connectivity index (χ3v) is 4.16. The Hall–Kier alpha value is -2.17. The quantitative estimate of drug-likeness (QED) is 0.928. The molecule has 1 aromatic rings. The van der Waals surface area contributed by atoms with Crippen molar-refractivity contribution >= 4 is 17.7 Å². The first-order valence-electron chi connectivity index (χ1n) is 6.90. The number of aryl methyl sites for hydroxylation is 1. The van der Waals surface area contributed by atoms with E-state index in [1.165, 1.54) is 4.90 Å². The molecule has 0 saturated heterocycles. The van der Waals surface area contributed by atoms with E-state index in [2.05, 4.69) is 4.99 Å². The van der Waals surface area contributed by atoms with Crippen molar-refractivity contribution < 1.29 is 14.7 Å². The Morgan fingerprint density at radius 3 is 2.48 bits per heavy atom. The summed E-state index contributed by atoms with van der Waals surface area (Å²) in [5.41, 5.74) is 0.662. The maximum atomic E-state index is 12.5. The van der Waals surface area contributed by atoms with Crippen molar-refractivity contribution in [3.63, 3.8) is 0 Å². The first-order valence-corrected chi connectivity index (χ1v) is 6.90. The second kappa shape index (κ2) is 4.98. The second-order valence-corrected chi connectivity index (χ2v) is 5.96. The molecule has 1 unspecified atom stereocenters. The first kappa shape index (κ1) is 15.2. The smallest absolute Gasteiger partial charge is 0.336 e. The number of hydrogen-bond donors (Lipinski definition) is 1. The van der Waals surface area contributed by atoms with Crippen LogP contribution in [0.4, 0.5) is 0 Å². The molecule has 0 spiro atoms. The van der Waals surface area contributed by atoms with E-state index in [1.54, 1.807) is 26.1 Å². The minimum Gasteiger partial charge on any atom is -0.478 e. The number of benzene rings is 1. The Bertz CT molecular complexity index is 649. The fraction of sp³-hybridized carbons (Fsp3) is 0.438. The third kappa shape index (κ3) is 2.33. The average Bonchev–Trinajstić information content (AvgIpc) is 2.64. The van der Waals surface area contributed by atoms with E-state index >= 15 is 0 Å². The summed E-state index contributed by atoms with van der Waals surface area (Å²) >= 11 is 0. The van der Waals surface area contributed by atoms with Crippen LogP contribution in [-0.2, 0) is 4.79 Å². The highest BCUT2D eigenvalue weighted by Gasteiger charge is 2.46. The largest absolute Gasteiger partial charge is 0.478 e.